The second-order valence-corrected chi connectivity index (χ2v) is 4.54. The van der Waals surface area contributed by atoms with Gasteiger partial charge in [0.15, 0.2) is 0 Å². The fourth-order valence-electron chi connectivity index (χ4n) is 3.05. The minimum absolute atomic E-state index is 1.18. The Morgan fingerprint density at radius 3 is 2.50 bits per heavy atom. The van der Waals surface area contributed by atoms with E-state index in [0.717, 1.165) is 0 Å². The molecule has 0 heteroatoms. The summed E-state index contributed by atoms with van der Waals surface area (Å²) in [4.78, 5) is 0. The Kier molecular flexibility index (Phi) is 1.49. The molecule has 0 atom stereocenters. The lowest BCUT2D eigenvalue weighted by Gasteiger charge is -2.06. The zero-order valence-corrected chi connectivity index (χ0v) is 9.03. The smallest absolute Gasteiger partial charge is 0.00700 e. The molecule has 0 unspecified atom stereocenters. The van der Waals surface area contributed by atoms with Crippen molar-refractivity contribution in [3.63, 3.8) is 0 Å². The molecule has 2 aliphatic rings. The summed E-state index contributed by atoms with van der Waals surface area (Å²) in [5, 5.41) is 2.92. The first-order valence-corrected chi connectivity index (χ1v) is 5.87. The van der Waals surface area contributed by atoms with Crippen molar-refractivity contribution in [1.29, 1.82) is 0 Å². The van der Waals surface area contributed by atoms with Crippen LogP contribution in [0.3, 0.4) is 0 Å². The largest absolute Gasteiger partial charge is 0.0763 e. The zero-order chi connectivity index (χ0) is 10.5. The van der Waals surface area contributed by atoms with Crippen molar-refractivity contribution < 1.29 is 0 Å². The minimum Gasteiger partial charge on any atom is -0.0763 e. The predicted molar refractivity (Wildman–Crippen MR) is 67.3 cm³/mol. The van der Waals surface area contributed by atoms with Crippen molar-refractivity contribution in [2.24, 2.45) is 0 Å². The van der Waals surface area contributed by atoms with Gasteiger partial charge in [0.05, 0.1) is 0 Å². The van der Waals surface area contributed by atoms with Crippen molar-refractivity contribution in [1.82, 2.24) is 0 Å². The van der Waals surface area contributed by atoms with Gasteiger partial charge in [-0.15, -0.1) is 0 Å². The van der Waals surface area contributed by atoms with Crippen LogP contribution in [-0.2, 0) is 0 Å². The van der Waals surface area contributed by atoms with Crippen LogP contribution in [-0.4, -0.2) is 0 Å². The molecule has 0 fully saturated rings. The molecular formula is C16H12. The Morgan fingerprint density at radius 1 is 0.750 bits per heavy atom. The van der Waals surface area contributed by atoms with Crippen molar-refractivity contribution in [2.45, 2.75) is 12.8 Å². The van der Waals surface area contributed by atoms with E-state index in [-0.39, 0.29) is 0 Å². The van der Waals surface area contributed by atoms with E-state index in [9.17, 15) is 0 Å². The quantitative estimate of drug-likeness (QED) is 0.618. The van der Waals surface area contributed by atoms with Crippen LogP contribution in [0.1, 0.15) is 18.4 Å². The molecule has 2 aromatic carbocycles. The van der Waals surface area contributed by atoms with E-state index in [1.54, 1.807) is 5.57 Å². The van der Waals surface area contributed by atoms with Gasteiger partial charge in [-0.1, -0.05) is 48.5 Å². The molecule has 0 saturated carbocycles. The monoisotopic (exact) mass is 204 g/mol. The van der Waals surface area contributed by atoms with Gasteiger partial charge in [-0.3, -0.25) is 0 Å². The van der Waals surface area contributed by atoms with E-state index in [0.29, 0.717) is 0 Å². The molecule has 0 radical (unpaired) electrons. The molecule has 0 bridgehead atoms. The predicted octanol–water partition coefficient (Wildman–Crippen LogP) is 2.44. The Morgan fingerprint density at radius 2 is 1.56 bits per heavy atom. The van der Waals surface area contributed by atoms with Crippen LogP contribution >= 0.6 is 0 Å². The van der Waals surface area contributed by atoms with E-state index in [2.05, 4.69) is 48.5 Å². The lowest BCUT2D eigenvalue weighted by Crippen LogP contribution is -2.28. The maximum atomic E-state index is 2.37. The number of hydrogen-bond acceptors (Lipinski definition) is 0. The van der Waals surface area contributed by atoms with Gasteiger partial charge in [0.1, 0.15) is 0 Å². The average molecular weight is 204 g/mol. The fraction of sp³-hybridized carbons (Fsp3) is 0.125. The normalized spacial score (nSPS) is 15.4. The SMILES string of the molecule is C1=c2cccc3c2=C(CC1)c1ccccc1-3. The van der Waals surface area contributed by atoms with Gasteiger partial charge < -0.3 is 0 Å². The first-order chi connectivity index (χ1) is 7.95. The molecule has 0 saturated heterocycles. The molecule has 16 heavy (non-hydrogen) atoms. The third-order valence-electron chi connectivity index (χ3n) is 3.70. The standard InChI is InChI=1S/C16H12/c1-2-8-13-12(7-1)14-9-3-5-11-6-4-10-15(13)16(11)14/h1-3,5-9H,4,10H2. The first kappa shape index (κ1) is 8.35. The van der Waals surface area contributed by atoms with Crippen LogP contribution < -0.4 is 10.4 Å². The van der Waals surface area contributed by atoms with Crippen LogP contribution in [0.25, 0.3) is 22.8 Å². The van der Waals surface area contributed by atoms with Gasteiger partial charge in [-0.05, 0) is 45.5 Å². The number of benzene rings is 2. The molecule has 76 valence electrons. The third-order valence-corrected chi connectivity index (χ3v) is 3.70. The second-order valence-electron chi connectivity index (χ2n) is 4.54. The molecule has 0 aliphatic heterocycles. The third kappa shape index (κ3) is 0.898. The average Bonchev–Trinajstić information content (AvgIpc) is 2.68. The first-order valence-electron chi connectivity index (χ1n) is 5.87. The highest BCUT2D eigenvalue weighted by molar-refractivity contribution is 5.90. The number of rotatable bonds is 0. The minimum atomic E-state index is 1.18. The Hall–Kier alpha value is -1.82. The van der Waals surface area contributed by atoms with Gasteiger partial charge in [0.25, 0.3) is 0 Å². The highest BCUT2D eigenvalue weighted by atomic mass is 14.2. The van der Waals surface area contributed by atoms with E-state index in [1.807, 2.05) is 0 Å². The van der Waals surface area contributed by atoms with Crippen molar-refractivity contribution in [3.8, 4) is 11.1 Å². The lowest BCUT2D eigenvalue weighted by atomic mass is 9.98. The zero-order valence-electron chi connectivity index (χ0n) is 9.03. The summed E-state index contributed by atoms with van der Waals surface area (Å²) in [6.45, 7) is 0. The lowest BCUT2D eigenvalue weighted by molar-refractivity contribution is 1.09. The fourth-order valence-corrected chi connectivity index (χ4v) is 3.05. The maximum absolute atomic E-state index is 2.37. The molecule has 2 aliphatic carbocycles. The van der Waals surface area contributed by atoms with Crippen molar-refractivity contribution in [2.75, 3.05) is 0 Å². The van der Waals surface area contributed by atoms with Crippen LogP contribution in [0.2, 0.25) is 0 Å². The summed E-state index contributed by atoms with van der Waals surface area (Å²) in [6.07, 6.45) is 4.75. The van der Waals surface area contributed by atoms with Crippen LogP contribution in [0.5, 0.6) is 0 Å². The summed E-state index contributed by atoms with van der Waals surface area (Å²) in [6, 6.07) is 15.5. The molecule has 0 nitrogen and oxygen atoms in total. The van der Waals surface area contributed by atoms with E-state index in [4.69, 9.17) is 0 Å². The molecule has 0 spiro atoms. The van der Waals surface area contributed by atoms with Gasteiger partial charge in [-0.2, -0.15) is 0 Å². The summed E-state index contributed by atoms with van der Waals surface area (Å²) in [5.74, 6) is 0. The molecule has 0 aromatic heterocycles. The summed E-state index contributed by atoms with van der Waals surface area (Å²) < 4.78 is 0. The van der Waals surface area contributed by atoms with Crippen LogP contribution in [0.4, 0.5) is 0 Å². The van der Waals surface area contributed by atoms with Crippen molar-refractivity contribution in [3.05, 3.63) is 58.5 Å². The molecule has 0 heterocycles. The van der Waals surface area contributed by atoms with Gasteiger partial charge in [0.2, 0.25) is 0 Å². The Bertz CT molecular complexity index is 705. The topological polar surface area (TPSA) is 0 Å². The van der Waals surface area contributed by atoms with Gasteiger partial charge >= 0.3 is 0 Å². The summed E-state index contributed by atoms with van der Waals surface area (Å²) >= 11 is 0. The molecular weight excluding hydrogens is 192 g/mol. The number of fused-ring (bicyclic) bond motifs is 3. The number of hydrogen-bond donors (Lipinski definition) is 0. The molecule has 0 amide bonds. The second kappa shape index (κ2) is 2.85. The van der Waals surface area contributed by atoms with Crippen LogP contribution in [0.15, 0.2) is 42.5 Å². The summed E-state index contributed by atoms with van der Waals surface area (Å²) in [7, 11) is 0. The van der Waals surface area contributed by atoms with Crippen LogP contribution in [0, 0.1) is 0 Å². The molecule has 2 aromatic rings. The highest BCUT2D eigenvalue weighted by Crippen LogP contribution is 2.33. The maximum Gasteiger partial charge on any atom is -0.00700 e. The van der Waals surface area contributed by atoms with Crippen molar-refractivity contribution >= 4 is 11.6 Å². The Balaban J connectivity index is 2.29. The highest BCUT2D eigenvalue weighted by Gasteiger charge is 2.20. The van der Waals surface area contributed by atoms with E-state index >= 15 is 0 Å². The summed E-state index contributed by atoms with van der Waals surface area (Å²) in [5.41, 5.74) is 5.87. The molecule has 4 rings (SSSR count). The Labute approximate surface area is 94.6 Å². The molecule has 0 N–H and O–H groups in total. The van der Waals surface area contributed by atoms with E-state index < -0.39 is 0 Å². The van der Waals surface area contributed by atoms with Gasteiger partial charge in [-0.25, -0.2) is 0 Å². The van der Waals surface area contributed by atoms with Gasteiger partial charge in [0, 0.05) is 0 Å². The van der Waals surface area contributed by atoms with E-state index in [1.165, 1.54) is 40.0 Å².